The molecule has 44 heavy (non-hydrogen) atoms. The Morgan fingerprint density at radius 2 is 1.02 bits per heavy atom. The van der Waals surface area contributed by atoms with Gasteiger partial charge in [0.05, 0.1) is 19.8 Å². The Balaban J connectivity index is 1.78. The molecule has 0 aliphatic heterocycles. The first-order valence-corrected chi connectivity index (χ1v) is 16.9. The van der Waals surface area contributed by atoms with Crippen LogP contribution in [0.15, 0.2) is 35.0 Å². The summed E-state index contributed by atoms with van der Waals surface area (Å²) in [4.78, 5) is 18.8. The number of thiophene rings is 2. The Bertz CT molecular complexity index is 1580. The Labute approximate surface area is 279 Å². The minimum Gasteiger partial charge on any atom is -0.507 e. The molecule has 2 heterocycles. The Kier molecular flexibility index (Phi) is 10.0. The van der Waals surface area contributed by atoms with E-state index in [1.54, 1.807) is 0 Å². The molecule has 0 amide bonds. The lowest BCUT2D eigenvalue weighted by Crippen LogP contribution is -2.15. The van der Waals surface area contributed by atoms with Crippen molar-refractivity contribution in [2.75, 3.05) is 28.2 Å². The quantitative estimate of drug-likeness (QED) is 0.182. The maximum atomic E-state index is 13.9. The molecule has 236 valence electrons. The van der Waals surface area contributed by atoms with Gasteiger partial charge in [-0.1, -0.05) is 64.7 Å². The highest BCUT2D eigenvalue weighted by molar-refractivity contribution is 7.17. The van der Waals surface area contributed by atoms with Crippen molar-refractivity contribution in [3.63, 3.8) is 0 Å². The minimum absolute atomic E-state index is 0.223. The van der Waals surface area contributed by atoms with Crippen molar-refractivity contribution < 1.29 is 15.0 Å². The van der Waals surface area contributed by atoms with Crippen molar-refractivity contribution in [3.05, 3.63) is 77.1 Å². The van der Waals surface area contributed by atoms with Crippen LogP contribution in [0.2, 0.25) is 10.0 Å². The van der Waals surface area contributed by atoms with Crippen LogP contribution >= 0.6 is 45.9 Å². The van der Waals surface area contributed by atoms with E-state index >= 15 is 0 Å². The highest BCUT2D eigenvalue weighted by Crippen LogP contribution is 2.46. The van der Waals surface area contributed by atoms with E-state index in [1.165, 1.54) is 22.7 Å². The summed E-state index contributed by atoms with van der Waals surface area (Å²) in [5.41, 5.74) is 5.87. The van der Waals surface area contributed by atoms with Gasteiger partial charge in [0.2, 0.25) is 5.78 Å². The molecule has 0 saturated carbocycles. The molecule has 2 aromatic heterocycles. The van der Waals surface area contributed by atoms with Crippen LogP contribution in [-0.2, 0) is 23.9 Å². The molecule has 2 aromatic carbocycles. The maximum absolute atomic E-state index is 13.9. The molecule has 4 rings (SSSR count). The van der Waals surface area contributed by atoms with Crippen molar-refractivity contribution in [1.29, 1.82) is 0 Å². The molecule has 0 aliphatic carbocycles. The van der Waals surface area contributed by atoms with Gasteiger partial charge in [-0.05, 0) is 74.4 Å². The fourth-order valence-corrected chi connectivity index (χ4v) is 8.04. The highest BCUT2D eigenvalue weighted by Gasteiger charge is 2.28. The number of hydrogen-bond acceptors (Lipinski definition) is 7. The van der Waals surface area contributed by atoms with Crippen molar-refractivity contribution >= 4 is 51.7 Å². The SMILES string of the molecule is CN(C)Cc1cc(-c2csc(C(=O)c3scc(-c4cc(CN(C)C)c(O)c(C(C)(C)C)c4)c3Cl)c2Cl)cc(C(C)(C)C)c1O. The average Bonchev–Trinajstić information content (AvgIpc) is 3.46. The van der Waals surface area contributed by atoms with Crippen molar-refractivity contribution in [2.45, 2.75) is 65.5 Å². The zero-order valence-electron chi connectivity index (χ0n) is 27.1. The molecular weight excluding hydrogens is 631 g/mol. The van der Waals surface area contributed by atoms with Crippen LogP contribution in [0.1, 0.15) is 78.3 Å². The molecule has 0 bridgehead atoms. The highest BCUT2D eigenvalue weighted by atomic mass is 35.5. The van der Waals surface area contributed by atoms with E-state index in [4.69, 9.17) is 23.2 Å². The first-order valence-electron chi connectivity index (χ1n) is 14.4. The van der Waals surface area contributed by atoms with Gasteiger partial charge in [-0.15, -0.1) is 22.7 Å². The number of carbonyl (C=O) groups excluding carboxylic acids is 1. The number of rotatable bonds is 8. The average molecular weight is 674 g/mol. The molecular formula is C35H42Cl2N2O3S2. The van der Waals surface area contributed by atoms with E-state index in [0.717, 1.165) is 44.5 Å². The lowest BCUT2D eigenvalue weighted by atomic mass is 9.83. The number of phenols is 2. The van der Waals surface area contributed by atoms with Gasteiger partial charge >= 0.3 is 0 Å². The summed E-state index contributed by atoms with van der Waals surface area (Å²) < 4.78 is 0. The van der Waals surface area contributed by atoms with Crippen molar-refractivity contribution in [1.82, 2.24) is 9.80 Å². The second-order valence-electron chi connectivity index (χ2n) is 14.0. The minimum atomic E-state index is -0.295. The van der Waals surface area contributed by atoms with Gasteiger partial charge in [0.15, 0.2) is 0 Å². The van der Waals surface area contributed by atoms with E-state index < -0.39 is 0 Å². The van der Waals surface area contributed by atoms with Gasteiger partial charge in [0, 0.05) is 57.2 Å². The normalized spacial score (nSPS) is 12.5. The number of aromatic hydroxyl groups is 2. The number of nitrogens with zero attached hydrogens (tertiary/aromatic N) is 2. The third-order valence-corrected chi connectivity index (χ3v) is 10.4. The summed E-state index contributed by atoms with van der Waals surface area (Å²) in [6.07, 6.45) is 0. The smallest absolute Gasteiger partial charge is 0.215 e. The number of halogens is 2. The summed E-state index contributed by atoms with van der Waals surface area (Å²) in [5, 5.41) is 26.7. The van der Waals surface area contributed by atoms with E-state index in [2.05, 4.69) is 41.5 Å². The van der Waals surface area contributed by atoms with Crippen LogP contribution in [-0.4, -0.2) is 54.0 Å². The molecule has 0 spiro atoms. The lowest BCUT2D eigenvalue weighted by Gasteiger charge is -2.24. The zero-order valence-corrected chi connectivity index (χ0v) is 30.3. The number of benzene rings is 2. The monoisotopic (exact) mass is 672 g/mol. The van der Waals surface area contributed by atoms with E-state index in [1.807, 2.05) is 73.0 Å². The van der Waals surface area contributed by atoms with Crippen LogP contribution in [0.3, 0.4) is 0 Å². The maximum Gasteiger partial charge on any atom is 0.215 e. The van der Waals surface area contributed by atoms with Gasteiger partial charge in [0.1, 0.15) is 11.5 Å². The van der Waals surface area contributed by atoms with Crippen molar-refractivity contribution in [2.24, 2.45) is 0 Å². The Morgan fingerprint density at radius 3 is 1.32 bits per heavy atom. The summed E-state index contributed by atoms with van der Waals surface area (Å²) in [6, 6.07) is 7.84. The Morgan fingerprint density at radius 1 is 0.682 bits per heavy atom. The first kappa shape index (κ1) is 34.5. The van der Waals surface area contributed by atoms with Crippen LogP contribution < -0.4 is 0 Å². The molecule has 2 N–H and O–H groups in total. The van der Waals surface area contributed by atoms with E-state index in [9.17, 15) is 15.0 Å². The molecule has 4 aromatic rings. The topological polar surface area (TPSA) is 64.0 Å². The second-order valence-corrected chi connectivity index (χ2v) is 16.5. The van der Waals surface area contributed by atoms with Crippen LogP contribution in [0.5, 0.6) is 11.5 Å². The van der Waals surface area contributed by atoms with Gasteiger partial charge in [-0.2, -0.15) is 0 Å². The largest absolute Gasteiger partial charge is 0.507 e. The van der Waals surface area contributed by atoms with Gasteiger partial charge < -0.3 is 20.0 Å². The summed E-state index contributed by atoms with van der Waals surface area (Å²) in [7, 11) is 7.84. The van der Waals surface area contributed by atoms with Gasteiger partial charge in [0.25, 0.3) is 0 Å². The van der Waals surface area contributed by atoms with E-state index in [0.29, 0.717) is 32.9 Å². The van der Waals surface area contributed by atoms with Crippen LogP contribution in [0, 0.1) is 0 Å². The predicted octanol–water partition coefficient (Wildman–Crippen LogP) is 9.81. The molecule has 0 radical (unpaired) electrons. The number of hydrogen-bond donors (Lipinski definition) is 2. The molecule has 5 nitrogen and oxygen atoms in total. The standard InChI is InChI=1S/C35H42Cl2N2O3S2/c1-34(2,3)25-13-19(11-21(29(25)40)15-38(7)8)23-17-43-32(27(23)36)31(42)33-28(37)24(18-44-33)20-12-22(16-39(9)10)30(41)26(14-20)35(4,5)6/h11-14,17-18,40-41H,15-16H2,1-10H3. The third-order valence-electron chi connectivity index (χ3n) is 7.46. The first-order chi connectivity index (χ1) is 20.3. The summed E-state index contributed by atoms with van der Waals surface area (Å²) in [6.45, 7) is 13.5. The van der Waals surface area contributed by atoms with Crippen LogP contribution in [0.25, 0.3) is 22.3 Å². The molecule has 9 heteroatoms. The van der Waals surface area contributed by atoms with Crippen molar-refractivity contribution in [3.8, 4) is 33.8 Å². The fraction of sp³-hybridized carbons (Fsp3) is 0.400. The lowest BCUT2D eigenvalue weighted by molar-refractivity contribution is 0.104. The van der Waals surface area contributed by atoms with E-state index in [-0.39, 0.29) is 28.1 Å². The second kappa shape index (κ2) is 12.8. The molecule has 0 atom stereocenters. The fourth-order valence-electron chi connectivity index (χ4n) is 5.25. The number of carbonyl (C=O) groups is 1. The molecule has 0 unspecified atom stereocenters. The third kappa shape index (κ3) is 7.04. The van der Waals surface area contributed by atoms with Gasteiger partial charge in [-0.3, -0.25) is 4.79 Å². The molecule has 0 aliphatic rings. The molecule has 0 fully saturated rings. The van der Waals surface area contributed by atoms with Gasteiger partial charge in [-0.25, -0.2) is 0 Å². The Hall–Kier alpha value is -2.39. The summed E-state index contributed by atoms with van der Waals surface area (Å²) in [5.74, 6) is 0.348. The summed E-state index contributed by atoms with van der Waals surface area (Å²) >= 11 is 16.5. The van der Waals surface area contributed by atoms with Crippen LogP contribution in [0.4, 0.5) is 0 Å². The number of ketones is 1. The predicted molar refractivity (Wildman–Crippen MR) is 188 cm³/mol. The zero-order chi connectivity index (χ0) is 32.9. The molecule has 0 saturated heterocycles. The number of phenolic OH excluding ortho intramolecular Hbond substituents is 2.